The monoisotopic (exact) mass is 346 g/mol. The first-order chi connectivity index (χ1) is 12.2. The number of amides is 2. The number of carbonyl (C=O) groups excluding carboxylic acids is 2. The number of piperidine rings is 2. The topological polar surface area (TPSA) is 58.4 Å². The summed E-state index contributed by atoms with van der Waals surface area (Å²) in [7, 11) is 0. The molecule has 2 fully saturated rings. The normalized spacial score (nSPS) is 21.6. The molecule has 0 saturated carbocycles. The van der Waals surface area contributed by atoms with Crippen molar-refractivity contribution < 1.29 is 9.59 Å². The molecule has 0 aliphatic carbocycles. The second-order valence-corrected chi connectivity index (χ2v) is 7.28. The second kappa shape index (κ2) is 8.50. The number of unbranched alkanes of at least 4 members (excludes halogenated alkanes) is 1. The van der Waals surface area contributed by atoms with Crippen LogP contribution in [0.3, 0.4) is 0 Å². The molecule has 1 aromatic rings. The van der Waals surface area contributed by atoms with E-state index in [0.717, 1.165) is 70.5 Å². The Morgan fingerprint density at radius 2 is 2.16 bits per heavy atom. The molecule has 2 aliphatic rings. The zero-order chi connectivity index (χ0) is 17.6. The number of nitrogens with zero attached hydrogens (tertiary/aromatic N) is 4. The maximum Gasteiger partial charge on any atom is 0.242 e. The molecule has 0 N–H and O–H groups in total. The second-order valence-electron chi connectivity index (χ2n) is 7.28. The largest absolute Gasteiger partial charge is 0.340 e. The first-order valence-corrected chi connectivity index (χ1v) is 9.75. The highest BCUT2D eigenvalue weighted by atomic mass is 16.2. The first kappa shape index (κ1) is 18.0. The van der Waals surface area contributed by atoms with Gasteiger partial charge in [0.25, 0.3) is 0 Å². The summed E-state index contributed by atoms with van der Waals surface area (Å²) in [6.07, 6.45) is 10.9. The molecule has 0 spiro atoms. The Morgan fingerprint density at radius 3 is 2.96 bits per heavy atom. The molecule has 1 unspecified atom stereocenters. The third kappa shape index (κ3) is 4.41. The van der Waals surface area contributed by atoms with Gasteiger partial charge in [-0.2, -0.15) is 0 Å². The van der Waals surface area contributed by atoms with Crippen LogP contribution in [0.15, 0.2) is 12.4 Å². The van der Waals surface area contributed by atoms with Crippen molar-refractivity contribution in [2.24, 2.45) is 0 Å². The van der Waals surface area contributed by atoms with E-state index in [9.17, 15) is 9.59 Å². The molecule has 6 heteroatoms. The third-order valence-electron chi connectivity index (χ3n) is 5.39. The molecule has 3 rings (SSSR count). The van der Waals surface area contributed by atoms with E-state index < -0.39 is 0 Å². The van der Waals surface area contributed by atoms with Crippen LogP contribution in [0, 0.1) is 0 Å². The molecule has 6 nitrogen and oxygen atoms in total. The molecule has 1 atom stereocenters. The van der Waals surface area contributed by atoms with Gasteiger partial charge in [0.2, 0.25) is 11.8 Å². The summed E-state index contributed by atoms with van der Waals surface area (Å²) in [4.78, 5) is 32.9. The van der Waals surface area contributed by atoms with Crippen LogP contribution in [0.2, 0.25) is 0 Å². The van der Waals surface area contributed by atoms with Crippen LogP contribution in [-0.4, -0.2) is 57.3 Å². The number of rotatable bonds is 6. The summed E-state index contributed by atoms with van der Waals surface area (Å²) in [6, 6.07) is 0. The summed E-state index contributed by atoms with van der Waals surface area (Å²) < 4.78 is 2.25. The van der Waals surface area contributed by atoms with Crippen molar-refractivity contribution in [1.82, 2.24) is 19.4 Å². The van der Waals surface area contributed by atoms with Crippen molar-refractivity contribution in [3.8, 4) is 0 Å². The molecule has 3 heterocycles. The van der Waals surface area contributed by atoms with Crippen LogP contribution >= 0.6 is 0 Å². The van der Waals surface area contributed by atoms with Crippen molar-refractivity contribution in [3.63, 3.8) is 0 Å². The third-order valence-corrected chi connectivity index (χ3v) is 5.39. The Hall–Kier alpha value is -1.85. The predicted molar refractivity (Wildman–Crippen MR) is 96.1 cm³/mol. The summed E-state index contributed by atoms with van der Waals surface area (Å²) >= 11 is 0. The molecule has 0 bridgehead atoms. The molecule has 0 aromatic carbocycles. The zero-order valence-corrected chi connectivity index (χ0v) is 15.3. The van der Waals surface area contributed by atoms with Gasteiger partial charge in [-0.15, -0.1) is 0 Å². The Morgan fingerprint density at radius 1 is 1.28 bits per heavy atom. The van der Waals surface area contributed by atoms with Crippen LogP contribution < -0.4 is 0 Å². The number of hydrogen-bond acceptors (Lipinski definition) is 3. The Bertz CT molecular complexity index is 598. The van der Waals surface area contributed by atoms with Gasteiger partial charge in [0.05, 0.1) is 6.54 Å². The zero-order valence-electron chi connectivity index (χ0n) is 15.3. The number of aryl methyl sites for hydroxylation is 1. The molecular formula is C19H30N4O2. The fourth-order valence-corrected chi connectivity index (χ4v) is 3.90. The van der Waals surface area contributed by atoms with Crippen molar-refractivity contribution in [3.05, 3.63) is 18.2 Å². The van der Waals surface area contributed by atoms with E-state index in [1.165, 1.54) is 0 Å². The maximum absolute atomic E-state index is 12.7. The van der Waals surface area contributed by atoms with Crippen LogP contribution in [-0.2, 0) is 16.1 Å². The van der Waals surface area contributed by atoms with Crippen molar-refractivity contribution >= 4 is 11.8 Å². The average molecular weight is 346 g/mol. The van der Waals surface area contributed by atoms with E-state index in [1.807, 2.05) is 11.1 Å². The van der Waals surface area contributed by atoms with Crippen molar-refractivity contribution in [2.45, 2.75) is 64.3 Å². The van der Waals surface area contributed by atoms with E-state index in [2.05, 4.69) is 22.7 Å². The summed E-state index contributed by atoms with van der Waals surface area (Å²) in [6.45, 7) is 5.69. The van der Waals surface area contributed by atoms with Crippen LogP contribution in [0.5, 0.6) is 0 Å². The minimum Gasteiger partial charge on any atom is -0.340 e. The smallest absolute Gasteiger partial charge is 0.242 e. The molecule has 2 saturated heterocycles. The highest BCUT2D eigenvalue weighted by Gasteiger charge is 2.29. The Labute approximate surface area is 150 Å². The van der Waals surface area contributed by atoms with E-state index in [0.29, 0.717) is 12.3 Å². The lowest BCUT2D eigenvalue weighted by molar-refractivity contribution is -0.142. The lowest BCUT2D eigenvalue weighted by atomic mass is 9.97. The molecular weight excluding hydrogens is 316 g/mol. The molecule has 1 aromatic heterocycles. The van der Waals surface area contributed by atoms with Crippen molar-refractivity contribution in [1.29, 1.82) is 0 Å². The van der Waals surface area contributed by atoms with Gasteiger partial charge >= 0.3 is 0 Å². The molecule has 2 aliphatic heterocycles. The minimum absolute atomic E-state index is 0.0895. The molecule has 0 radical (unpaired) electrons. The number of aromatic nitrogens is 2. The number of hydrogen-bond donors (Lipinski definition) is 0. The summed E-state index contributed by atoms with van der Waals surface area (Å²) in [5.41, 5.74) is 0. The first-order valence-electron chi connectivity index (χ1n) is 9.75. The van der Waals surface area contributed by atoms with Crippen LogP contribution in [0.25, 0.3) is 0 Å². The summed E-state index contributed by atoms with van der Waals surface area (Å²) in [5.74, 6) is 1.64. The Kier molecular flexibility index (Phi) is 6.10. The van der Waals surface area contributed by atoms with Gasteiger partial charge in [-0.05, 0) is 32.1 Å². The van der Waals surface area contributed by atoms with E-state index >= 15 is 0 Å². The average Bonchev–Trinajstić information content (AvgIpc) is 3.10. The summed E-state index contributed by atoms with van der Waals surface area (Å²) in [5, 5.41) is 0. The van der Waals surface area contributed by atoms with Gasteiger partial charge in [-0.3, -0.25) is 9.59 Å². The van der Waals surface area contributed by atoms with Crippen LogP contribution in [0.4, 0.5) is 0 Å². The number of likely N-dealkylation sites (tertiary alicyclic amines) is 2. The highest BCUT2D eigenvalue weighted by molar-refractivity contribution is 5.85. The lowest BCUT2D eigenvalue weighted by Gasteiger charge is -2.35. The number of carbonyl (C=O) groups is 2. The quantitative estimate of drug-likeness (QED) is 0.795. The Balaban J connectivity index is 1.60. The minimum atomic E-state index is 0.0895. The SMILES string of the molecule is CCCCn1ccnc1C1CCCN(C(=O)CN2CCCCC2=O)C1. The van der Waals surface area contributed by atoms with Gasteiger partial charge in [0, 0.05) is 50.9 Å². The molecule has 25 heavy (non-hydrogen) atoms. The van der Waals surface area contributed by atoms with Gasteiger partial charge in [-0.25, -0.2) is 4.98 Å². The molecule has 138 valence electrons. The van der Waals surface area contributed by atoms with Gasteiger partial charge in [0.1, 0.15) is 5.82 Å². The van der Waals surface area contributed by atoms with E-state index in [4.69, 9.17) is 0 Å². The fourth-order valence-electron chi connectivity index (χ4n) is 3.90. The van der Waals surface area contributed by atoms with Crippen molar-refractivity contribution in [2.75, 3.05) is 26.2 Å². The van der Waals surface area contributed by atoms with E-state index in [-0.39, 0.29) is 18.4 Å². The highest BCUT2D eigenvalue weighted by Crippen LogP contribution is 2.26. The maximum atomic E-state index is 12.7. The molecule has 2 amide bonds. The van der Waals surface area contributed by atoms with Gasteiger partial charge in [0.15, 0.2) is 0 Å². The van der Waals surface area contributed by atoms with E-state index in [1.54, 1.807) is 4.90 Å². The van der Waals surface area contributed by atoms with Gasteiger partial charge < -0.3 is 14.4 Å². The van der Waals surface area contributed by atoms with Crippen LogP contribution in [0.1, 0.15) is 63.6 Å². The fraction of sp³-hybridized carbons (Fsp3) is 0.737. The predicted octanol–water partition coefficient (Wildman–Crippen LogP) is 2.40. The van der Waals surface area contributed by atoms with Gasteiger partial charge in [-0.1, -0.05) is 13.3 Å². The standard InChI is InChI=1S/C19H30N4O2/c1-2-3-10-21-13-9-20-19(21)16-7-6-12-22(14-16)18(25)15-23-11-5-4-8-17(23)24/h9,13,16H,2-8,10-12,14-15H2,1H3. The number of imidazole rings is 1. The lowest BCUT2D eigenvalue weighted by Crippen LogP contribution is -2.47.